The lowest BCUT2D eigenvalue weighted by atomic mass is 9.78. The number of ether oxygens (including phenoxy) is 1. The maximum absolute atomic E-state index is 11.8. The van der Waals surface area contributed by atoms with Gasteiger partial charge in [-0.2, -0.15) is 0 Å². The summed E-state index contributed by atoms with van der Waals surface area (Å²) in [5.74, 6) is 9.05. The van der Waals surface area contributed by atoms with Crippen molar-refractivity contribution in [2.75, 3.05) is 0 Å². The lowest BCUT2D eigenvalue weighted by molar-refractivity contribution is -0.136. The number of terminal acetylenes is 1. The summed E-state index contributed by atoms with van der Waals surface area (Å²) in [5, 5.41) is 10.7. The van der Waals surface area contributed by atoms with Crippen molar-refractivity contribution >= 4 is 5.97 Å². The molecule has 0 bridgehead atoms. The summed E-state index contributed by atoms with van der Waals surface area (Å²) in [5.41, 5.74) is 2.31. The number of phenolic OH excluding ortho intramolecular Hbond substituents is 1. The molecule has 0 fully saturated rings. The van der Waals surface area contributed by atoms with E-state index in [4.69, 9.17) is 11.2 Å². The molecule has 0 saturated heterocycles. The van der Waals surface area contributed by atoms with Crippen LogP contribution in [0.3, 0.4) is 0 Å². The summed E-state index contributed by atoms with van der Waals surface area (Å²) in [4.78, 5) is 11.8. The predicted octanol–water partition coefficient (Wildman–Crippen LogP) is 6.03. The Kier molecular flexibility index (Phi) is 6.94. The third kappa shape index (κ3) is 6.23. The fourth-order valence-electron chi connectivity index (χ4n) is 2.45. The maximum Gasteiger partial charge on any atom is 0.320 e. The molecule has 0 radical (unpaired) electrons. The number of aryl methyl sites for hydroxylation is 1. The molecule has 0 saturated carbocycles. The minimum atomic E-state index is -0.428. The van der Waals surface area contributed by atoms with Gasteiger partial charge in [0.1, 0.15) is 11.9 Å². The minimum Gasteiger partial charge on any atom is -0.507 e. The Morgan fingerprint density at radius 2 is 1.62 bits per heavy atom. The molecule has 1 aromatic carbocycles. The molecular weight excluding hydrogens is 324 g/mol. The molecule has 0 aliphatic heterocycles. The van der Waals surface area contributed by atoms with Crippen LogP contribution in [0.15, 0.2) is 12.1 Å². The average molecular weight is 367 g/mol. The van der Waals surface area contributed by atoms with E-state index in [1.165, 1.54) is 0 Å². The highest BCUT2D eigenvalue weighted by atomic mass is 16.5. The third-order valence-corrected chi connectivity index (χ3v) is 3.82. The first-order chi connectivity index (χ1) is 12.0. The van der Waals surface area contributed by atoms with E-state index in [1.807, 2.05) is 12.1 Å². The number of esters is 1. The molecule has 0 aliphatic rings. The predicted molar refractivity (Wildman–Crippen MR) is 121 cm³/mol. The van der Waals surface area contributed by atoms with Gasteiger partial charge in [-0.15, -0.1) is 6.42 Å². The highest BCUT2D eigenvalue weighted by Crippen LogP contribution is 2.39. The van der Waals surface area contributed by atoms with E-state index in [1.54, 1.807) is 0 Å². The molecule has 0 unspecified atom stereocenters. The fraction of sp³-hybridized carbons (Fsp3) is 0.435. The fourth-order valence-corrected chi connectivity index (χ4v) is 2.45. The molecular formula is C23H42O3. The van der Waals surface area contributed by atoms with Crippen LogP contribution in [-0.4, -0.2) is 11.1 Å². The van der Waals surface area contributed by atoms with Crippen LogP contribution in [-0.2, 0) is 26.8 Å². The van der Waals surface area contributed by atoms with Crippen LogP contribution in [0.5, 0.6) is 5.75 Å². The second-order valence-corrected chi connectivity index (χ2v) is 8.14. The first-order valence-corrected chi connectivity index (χ1v) is 8.49. The van der Waals surface area contributed by atoms with Crippen LogP contribution in [0.2, 0.25) is 0 Å². The molecule has 152 valence electrons. The molecule has 0 amide bonds. The van der Waals surface area contributed by atoms with Gasteiger partial charge in [0.2, 0.25) is 0 Å². The second-order valence-electron chi connectivity index (χ2n) is 8.14. The van der Waals surface area contributed by atoms with Gasteiger partial charge in [-0.05, 0) is 45.8 Å². The smallest absolute Gasteiger partial charge is 0.320 e. The van der Waals surface area contributed by atoms with Crippen LogP contribution in [0.1, 0.15) is 76.1 Å². The molecule has 1 rings (SSSR count). The molecule has 3 heteroatoms. The monoisotopic (exact) mass is 366 g/mol. The van der Waals surface area contributed by atoms with Gasteiger partial charge >= 0.3 is 5.97 Å². The van der Waals surface area contributed by atoms with Gasteiger partial charge in [0.15, 0.2) is 0 Å². The van der Waals surface area contributed by atoms with Crippen LogP contribution in [0, 0.1) is 36.2 Å². The van der Waals surface area contributed by atoms with Crippen molar-refractivity contribution in [1.29, 1.82) is 0 Å². The van der Waals surface area contributed by atoms with Crippen LogP contribution >= 0.6 is 0 Å². The maximum atomic E-state index is 11.8. The first kappa shape index (κ1) is 21.2. The Bertz CT molecular complexity index is 824. The van der Waals surface area contributed by atoms with Crippen molar-refractivity contribution in [3.63, 3.8) is 0 Å². The topological polar surface area (TPSA) is 46.5 Å². The van der Waals surface area contributed by atoms with Crippen LogP contribution in [0.25, 0.3) is 0 Å². The van der Waals surface area contributed by atoms with Gasteiger partial charge in [-0.1, -0.05) is 53.7 Å². The number of benzene rings is 1. The van der Waals surface area contributed by atoms with Crippen LogP contribution in [0.4, 0.5) is 0 Å². The number of rotatable bonds is 3. The van der Waals surface area contributed by atoms with Gasteiger partial charge in [-0.25, -0.2) is 0 Å². The minimum absolute atomic E-state index is 0. The Morgan fingerprint density at radius 1 is 1.08 bits per heavy atom. The van der Waals surface area contributed by atoms with E-state index in [2.05, 4.69) is 71.3 Å². The molecule has 0 spiro atoms. The van der Waals surface area contributed by atoms with E-state index < -0.39 is 5.97 Å². The lowest BCUT2D eigenvalue weighted by Crippen LogP contribution is -2.18. The second kappa shape index (κ2) is 8.51. The zero-order valence-electron chi connectivity index (χ0n) is 16.4. The number of carbonyl (C=O) groups is 1. The van der Waals surface area contributed by atoms with Crippen molar-refractivity contribution in [2.24, 2.45) is 0 Å². The standard InChI is InChI=1S/C23H26O3.8H2/c1-8-9-10-11-14-26-20(24)13-12-17-15-18(22(2,3)4)21(25)19(16-17)23(5,6)7;;;;;;;;/h1,15-16,25H,12-13H2,2-7H3;8*1H. The summed E-state index contributed by atoms with van der Waals surface area (Å²) in [6.45, 7) is 12.3. The van der Waals surface area contributed by atoms with Crippen molar-refractivity contribution < 1.29 is 26.1 Å². The number of aromatic hydroxyl groups is 1. The van der Waals surface area contributed by atoms with Gasteiger partial charge in [-0.3, -0.25) is 4.79 Å². The number of hydrogen-bond acceptors (Lipinski definition) is 3. The highest BCUT2D eigenvalue weighted by Gasteiger charge is 2.26. The average Bonchev–Trinajstić information content (AvgIpc) is 2.51. The Hall–Kier alpha value is -2.83. The van der Waals surface area contributed by atoms with Crippen molar-refractivity contribution in [2.45, 2.75) is 65.2 Å². The van der Waals surface area contributed by atoms with Crippen molar-refractivity contribution in [1.82, 2.24) is 0 Å². The quantitative estimate of drug-likeness (QED) is 0.525. The number of phenols is 1. The summed E-state index contributed by atoms with van der Waals surface area (Å²) in [7, 11) is 0. The van der Waals surface area contributed by atoms with Gasteiger partial charge < -0.3 is 9.84 Å². The van der Waals surface area contributed by atoms with E-state index in [0.717, 1.165) is 16.7 Å². The van der Waals surface area contributed by atoms with E-state index in [-0.39, 0.29) is 28.7 Å². The van der Waals surface area contributed by atoms with Crippen molar-refractivity contribution in [3.8, 4) is 42.0 Å². The van der Waals surface area contributed by atoms with Crippen LogP contribution < -0.4 is 0 Å². The van der Waals surface area contributed by atoms with Gasteiger partial charge in [0.25, 0.3) is 0 Å². The molecule has 0 aliphatic carbocycles. The highest BCUT2D eigenvalue weighted by molar-refractivity contribution is 5.71. The molecule has 1 N–H and O–H groups in total. The van der Waals surface area contributed by atoms with E-state index in [9.17, 15) is 9.90 Å². The van der Waals surface area contributed by atoms with E-state index in [0.29, 0.717) is 12.2 Å². The van der Waals surface area contributed by atoms with Crippen molar-refractivity contribution in [3.05, 3.63) is 28.8 Å². The number of hydrogen-bond donors (Lipinski definition) is 1. The molecule has 0 atom stereocenters. The van der Waals surface area contributed by atoms with E-state index >= 15 is 0 Å². The zero-order chi connectivity index (χ0) is 20.0. The molecule has 26 heavy (non-hydrogen) atoms. The summed E-state index contributed by atoms with van der Waals surface area (Å²) in [6.07, 6.45) is 7.88. The zero-order valence-corrected chi connectivity index (χ0v) is 16.4. The van der Waals surface area contributed by atoms with Gasteiger partial charge in [0, 0.05) is 23.3 Å². The molecule has 0 aromatic heterocycles. The first-order valence-electron chi connectivity index (χ1n) is 8.49. The largest absolute Gasteiger partial charge is 0.507 e. The molecule has 0 heterocycles. The SMILES string of the molecule is C#CC#CC#COC(=O)CCc1cc(C(C)(C)C)c(O)c(C(C)(C)C)c1.[HH].[HH].[HH].[HH].[HH].[HH].[HH].[HH]. The molecule has 3 nitrogen and oxygen atoms in total. The summed E-state index contributed by atoms with van der Waals surface area (Å²) in [6, 6.07) is 3.92. The Labute approximate surface area is 169 Å². The lowest BCUT2D eigenvalue weighted by Gasteiger charge is -2.28. The summed E-state index contributed by atoms with van der Waals surface area (Å²) < 4.78 is 4.81. The normalized spacial score (nSPS) is 10.7. The Balaban J connectivity index is -0.000000141. The molecule has 1 aromatic rings. The Morgan fingerprint density at radius 3 is 2.08 bits per heavy atom. The van der Waals surface area contributed by atoms with Gasteiger partial charge in [0.05, 0.1) is 6.42 Å². The summed E-state index contributed by atoms with van der Waals surface area (Å²) >= 11 is 0. The number of carbonyl (C=O) groups excluding carboxylic acids is 1. The third-order valence-electron chi connectivity index (χ3n) is 3.82.